The molecule has 0 unspecified atom stereocenters. The fraction of sp³-hybridized carbons (Fsp3) is 0.778. The summed E-state index contributed by atoms with van der Waals surface area (Å²) < 4.78 is 0. The molecule has 146 valence electrons. The summed E-state index contributed by atoms with van der Waals surface area (Å²) in [6, 6.07) is 0. The van der Waals surface area contributed by atoms with Crippen LogP contribution >= 0.6 is 0 Å². The summed E-state index contributed by atoms with van der Waals surface area (Å²) in [7, 11) is 0. The SMILES string of the molecule is C=C(OOCCCCCCCCCCCC)N(CC(=O)[O-])CC(=O)O.[Na+]. The molecule has 0 aromatic rings. The van der Waals surface area contributed by atoms with E-state index >= 15 is 0 Å². The fourth-order valence-electron chi connectivity index (χ4n) is 2.36. The number of hydrogen-bond donors (Lipinski definition) is 1. The monoisotopic (exact) mass is 381 g/mol. The van der Waals surface area contributed by atoms with Crippen molar-refractivity contribution in [2.24, 2.45) is 0 Å². The second kappa shape index (κ2) is 19.0. The van der Waals surface area contributed by atoms with Gasteiger partial charge < -0.3 is 24.8 Å². The second-order valence-electron chi connectivity index (χ2n) is 6.10. The molecule has 0 aromatic heterocycles. The van der Waals surface area contributed by atoms with Gasteiger partial charge in [0, 0.05) is 0 Å². The van der Waals surface area contributed by atoms with Crippen LogP contribution in [-0.4, -0.2) is 41.6 Å². The molecule has 0 aliphatic carbocycles. The number of aliphatic carboxylic acids is 2. The van der Waals surface area contributed by atoms with Gasteiger partial charge in [-0.05, 0) is 13.0 Å². The van der Waals surface area contributed by atoms with Gasteiger partial charge in [-0.2, -0.15) is 4.89 Å². The number of hydrogen-bond acceptors (Lipinski definition) is 6. The van der Waals surface area contributed by atoms with Crippen molar-refractivity contribution in [3.63, 3.8) is 0 Å². The van der Waals surface area contributed by atoms with E-state index in [9.17, 15) is 14.7 Å². The van der Waals surface area contributed by atoms with Gasteiger partial charge >= 0.3 is 35.5 Å². The first kappa shape index (κ1) is 27.5. The van der Waals surface area contributed by atoms with Gasteiger partial charge in [0.05, 0.1) is 19.1 Å². The van der Waals surface area contributed by atoms with E-state index in [2.05, 4.69) is 13.5 Å². The maximum atomic E-state index is 10.7. The van der Waals surface area contributed by atoms with Gasteiger partial charge in [-0.3, -0.25) is 4.79 Å². The number of carboxylic acids is 2. The first-order valence-electron chi connectivity index (χ1n) is 9.12. The first-order chi connectivity index (χ1) is 12.0. The van der Waals surface area contributed by atoms with Crippen LogP contribution in [0.4, 0.5) is 0 Å². The van der Waals surface area contributed by atoms with Gasteiger partial charge in [-0.1, -0.05) is 64.7 Å². The minimum Gasteiger partial charge on any atom is -0.548 e. The zero-order chi connectivity index (χ0) is 18.9. The van der Waals surface area contributed by atoms with E-state index in [1.165, 1.54) is 44.9 Å². The minimum atomic E-state index is -1.42. The third kappa shape index (κ3) is 18.0. The van der Waals surface area contributed by atoms with E-state index in [0.29, 0.717) is 6.61 Å². The van der Waals surface area contributed by atoms with Crippen LogP contribution in [0.1, 0.15) is 71.1 Å². The molecule has 0 amide bonds. The Kier molecular flexibility index (Phi) is 20.1. The zero-order valence-corrected chi connectivity index (χ0v) is 18.3. The van der Waals surface area contributed by atoms with Gasteiger partial charge in [-0.25, -0.2) is 0 Å². The molecule has 0 saturated carbocycles. The summed E-state index contributed by atoms with van der Waals surface area (Å²) in [6.07, 6.45) is 12.1. The molecule has 26 heavy (non-hydrogen) atoms. The Labute approximate surface area is 178 Å². The van der Waals surface area contributed by atoms with Gasteiger partial charge in [0.2, 0.25) is 5.88 Å². The average molecular weight is 381 g/mol. The Morgan fingerprint density at radius 1 is 0.962 bits per heavy atom. The van der Waals surface area contributed by atoms with Crippen LogP contribution in [0.2, 0.25) is 0 Å². The molecule has 0 heterocycles. The van der Waals surface area contributed by atoms with E-state index in [1.54, 1.807) is 0 Å². The summed E-state index contributed by atoms with van der Waals surface area (Å²) in [6.45, 7) is 4.87. The van der Waals surface area contributed by atoms with Crippen molar-refractivity contribution in [2.45, 2.75) is 71.1 Å². The van der Waals surface area contributed by atoms with Gasteiger partial charge in [-0.15, -0.1) is 0 Å². The number of rotatable bonds is 18. The third-order valence-electron chi connectivity index (χ3n) is 3.74. The maximum absolute atomic E-state index is 10.7. The average Bonchev–Trinajstić information content (AvgIpc) is 2.54. The summed E-state index contributed by atoms with van der Waals surface area (Å²) in [5, 5.41) is 19.3. The van der Waals surface area contributed by atoms with Crippen LogP contribution in [0.5, 0.6) is 0 Å². The van der Waals surface area contributed by atoms with E-state index in [1.807, 2.05) is 0 Å². The third-order valence-corrected chi connectivity index (χ3v) is 3.74. The van der Waals surface area contributed by atoms with Crippen LogP contribution in [0, 0.1) is 0 Å². The summed E-state index contributed by atoms with van der Waals surface area (Å²) in [4.78, 5) is 32.0. The van der Waals surface area contributed by atoms with Crippen LogP contribution < -0.4 is 34.7 Å². The molecular weight excluding hydrogens is 349 g/mol. The number of carbonyl (C=O) groups is 2. The molecule has 0 atom stereocenters. The van der Waals surface area contributed by atoms with E-state index in [-0.39, 0.29) is 35.4 Å². The Balaban J connectivity index is 0. The van der Waals surface area contributed by atoms with Crippen molar-refractivity contribution in [1.29, 1.82) is 0 Å². The molecule has 0 spiro atoms. The van der Waals surface area contributed by atoms with E-state index in [0.717, 1.165) is 24.2 Å². The van der Waals surface area contributed by atoms with E-state index in [4.69, 9.17) is 14.9 Å². The van der Waals surface area contributed by atoms with Gasteiger partial charge in [0.25, 0.3) is 0 Å². The van der Waals surface area contributed by atoms with Crippen molar-refractivity contribution >= 4 is 11.9 Å². The van der Waals surface area contributed by atoms with Crippen LogP contribution in [-0.2, 0) is 19.4 Å². The minimum absolute atomic E-state index is 0. The number of carboxylic acid groups (broad SMARTS) is 2. The molecule has 0 fully saturated rings. The fourth-order valence-corrected chi connectivity index (χ4v) is 2.36. The van der Waals surface area contributed by atoms with Crippen molar-refractivity contribution in [2.75, 3.05) is 19.7 Å². The van der Waals surface area contributed by atoms with Crippen molar-refractivity contribution in [3.8, 4) is 0 Å². The van der Waals surface area contributed by atoms with Crippen LogP contribution in [0.25, 0.3) is 0 Å². The summed E-state index contributed by atoms with van der Waals surface area (Å²) in [5.41, 5.74) is 0. The molecule has 0 rings (SSSR count). The molecule has 8 heteroatoms. The number of carbonyl (C=O) groups excluding carboxylic acids is 1. The van der Waals surface area contributed by atoms with Crippen molar-refractivity contribution in [1.82, 2.24) is 4.90 Å². The molecule has 0 radical (unpaired) electrons. The molecule has 0 bridgehead atoms. The largest absolute Gasteiger partial charge is 1.00 e. The normalized spacial score (nSPS) is 10.0. The first-order valence-corrected chi connectivity index (χ1v) is 9.12. The molecule has 0 aliphatic heterocycles. The standard InChI is InChI=1S/C18H33NO6.Na/c1-3-4-5-6-7-8-9-10-11-12-13-24-25-16(2)19(14-17(20)21)15-18(22)23;/h2-15H2,1H3,(H,20,21)(H,22,23);/q;+1/p-1. The topological polar surface area (TPSA) is 99.1 Å². The number of unbranched alkanes of at least 4 members (excludes halogenated alkanes) is 9. The second-order valence-corrected chi connectivity index (χ2v) is 6.10. The van der Waals surface area contributed by atoms with Crippen LogP contribution in [0.15, 0.2) is 12.5 Å². The summed E-state index contributed by atoms with van der Waals surface area (Å²) >= 11 is 0. The predicted molar refractivity (Wildman–Crippen MR) is 92.2 cm³/mol. The summed E-state index contributed by atoms with van der Waals surface area (Å²) in [5.74, 6) is -2.76. The Hall–Kier alpha value is -0.760. The van der Waals surface area contributed by atoms with Gasteiger partial charge in [0.1, 0.15) is 6.54 Å². The Morgan fingerprint density at radius 3 is 1.92 bits per heavy atom. The molecule has 1 N–H and O–H groups in total. The molecule has 7 nitrogen and oxygen atoms in total. The number of nitrogens with zero attached hydrogens (tertiary/aromatic N) is 1. The van der Waals surface area contributed by atoms with Crippen molar-refractivity contribution in [3.05, 3.63) is 12.5 Å². The van der Waals surface area contributed by atoms with Crippen LogP contribution in [0.3, 0.4) is 0 Å². The Morgan fingerprint density at radius 2 is 1.46 bits per heavy atom. The molecule has 0 aromatic carbocycles. The molecule has 0 saturated heterocycles. The predicted octanol–water partition coefficient (Wildman–Crippen LogP) is -0.533. The van der Waals surface area contributed by atoms with Gasteiger partial charge in [0.15, 0.2) is 0 Å². The van der Waals surface area contributed by atoms with E-state index < -0.39 is 25.0 Å². The molecular formula is C18H32NNaO6. The Bertz CT molecular complexity index is 376. The van der Waals surface area contributed by atoms with Crippen molar-refractivity contribution < 1.29 is 59.1 Å². The maximum Gasteiger partial charge on any atom is 1.00 e. The smallest absolute Gasteiger partial charge is 0.548 e. The quantitative estimate of drug-likeness (QED) is 0.112. The molecule has 0 aliphatic rings. The zero-order valence-electron chi connectivity index (χ0n) is 16.3.